The fourth-order valence-electron chi connectivity index (χ4n) is 2.16. The molecule has 0 spiro atoms. The summed E-state index contributed by atoms with van der Waals surface area (Å²) >= 11 is 1.47. The van der Waals surface area contributed by atoms with Crippen molar-refractivity contribution >= 4 is 28.6 Å². The molecule has 2 rings (SSSR count). The predicted octanol–water partition coefficient (Wildman–Crippen LogP) is 1.65. The monoisotopic (exact) mass is 337 g/mol. The molecule has 0 saturated heterocycles. The number of rotatable bonds is 6. The van der Waals surface area contributed by atoms with Gasteiger partial charge >= 0.3 is 5.63 Å². The minimum atomic E-state index is -1.05. The van der Waals surface area contributed by atoms with Crippen LogP contribution < -0.4 is 15.7 Å². The van der Waals surface area contributed by atoms with Gasteiger partial charge in [0.15, 0.2) is 11.3 Å². The first-order valence-electron chi connectivity index (χ1n) is 6.98. The Morgan fingerprint density at radius 1 is 1.48 bits per heavy atom. The Hall–Kier alpha value is -1.99. The molecule has 0 saturated carbocycles. The van der Waals surface area contributed by atoms with E-state index in [1.54, 1.807) is 25.1 Å². The number of benzene rings is 1. The first-order valence-corrected chi connectivity index (χ1v) is 8.38. The Balaban J connectivity index is 2.28. The molecule has 0 bridgehead atoms. The van der Waals surface area contributed by atoms with Gasteiger partial charge in [-0.1, -0.05) is 12.1 Å². The third kappa shape index (κ3) is 4.05. The van der Waals surface area contributed by atoms with E-state index in [-0.39, 0.29) is 12.1 Å². The zero-order valence-corrected chi connectivity index (χ0v) is 14.0. The summed E-state index contributed by atoms with van der Waals surface area (Å²) in [4.78, 5) is 24.2. The van der Waals surface area contributed by atoms with Crippen molar-refractivity contribution in [3.63, 3.8) is 0 Å². The molecule has 1 amide bonds. The summed E-state index contributed by atoms with van der Waals surface area (Å²) in [5.41, 5.74) is -1.60. The average Bonchev–Trinajstić information content (AvgIpc) is 2.51. The van der Waals surface area contributed by atoms with Gasteiger partial charge in [-0.25, -0.2) is 4.79 Å². The van der Waals surface area contributed by atoms with Crippen molar-refractivity contribution in [2.24, 2.45) is 0 Å². The van der Waals surface area contributed by atoms with E-state index in [9.17, 15) is 14.7 Å². The van der Waals surface area contributed by atoms with Gasteiger partial charge in [0.2, 0.25) is 0 Å². The Morgan fingerprint density at radius 3 is 2.87 bits per heavy atom. The lowest BCUT2D eigenvalue weighted by Gasteiger charge is -2.22. The van der Waals surface area contributed by atoms with E-state index < -0.39 is 17.1 Å². The molecule has 1 atom stereocenters. The van der Waals surface area contributed by atoms with E-state index in [0.29, 0.717) is 22.5 Å². The summed E-state index contributed by atoms with van der Waals surface area (Å²) in [5, 5.41) is 13.2. The van der Waals surface area contributed by atoms with Crippen LogP contribution in [0.1, 0.15) is 17.3 Å². The molecule has 0 aliphatic carbocycles. The third-order valence-corrected chi connectivity index (χ3v) is 4.18. The highest BCUT2D eigenvalue weighted by atomic mass is 32.2. The summed E-state index contributed by atoms with van der Waals surface area (Å²) in [6, 6.07) is 6.60. The Morgan fingerprint density at radius 2 is 2.22 bits per heavy atom. The fraction of sp³-hybridized carbons (Fsp3) is 0.375. The Kier molecular flexibility index (Phi) is 5.33. The molecule has 23 heavy (non-hydrogen) atoms. The molecule has 1 aromatic heterocycles. The van der Waals surface area contributed by atoms with Gasteiger partial charge in [-0.2, -0.15) is 11.8 Å². The number of fused-ring (bicyclic) bond motifs is 1. The van der Waals surface area contributed by atoms with E-state index in [1.807, 2.05) is 6.26 Å². The van der Waals surface area contributed by atoms with Gasteiger partial charge in [0.25, 0.3) is 5.91 Å². The van der Waals surface area contributed by atoms with Crippen LogP contribution in [0, 0.1) is 0 Å². The van der Waals surface area contributed by atoms with Gasteiger partial charge in [-0.05, 0) is 25.3 Å². The van der Waals surface area contributed by atoms with Crippen molar-refractivity contribution in [2.45, 2.75) is 12.5 Å². The average molecular weight is 337 g/mol. The van der Waals surface area contributed by atoms with Crippen molar-refractivity contribution in [2.75, 3.05) is 25.7 Å². The maximum Gasteiger partial charge on any atom is 0.349 e. The lowest BCUT2D eigenvalue weighted by atomic mass is 10.1. The molecular weight excluding hydrogens is 318 g/mol. The summed E-state index contributed by atoms with van der Waals surface area (Å²) < 4.78 is 10.3. The topological polar surface area (TPSA) is 88.8 Å². The second kappa shape index (κ2) is 7.06. The second-order valence-electron chi connectivity index (χ2n) is 5.44. The largest absolute Gasteiger partial charge is 0.493 e. The molecule has 124 valence electrons. The smallest absolute Gasteiger partial charge is 0.349 e. The van der Waals surface area contributed by atoms with Crippen molar-refractivity contribution in [3.8, 4) is 5.75 Å². The van der Waals surface area contributed by atoms with Crippen LogP contribution in [0.25, 0.3) is 11.0 Å². The van der Waals surface area contributed by atoms with E-state index in [0.717, 1.165) is 0 Å². The summed E-state index contributed by atoms with van der Waals surface area (Å²) in [5.74, 6) is 0.316. The Labute approximate surface area is 137 Å². The maximum atomic E-state index is 12.2. The lowest BCUT2D eigenvalue weighted by molar-refractivity contribution is 0.0723. The molecule has 2 N–H and O–H groups in total. The number of para-hydroxylation sites is 1. The summed E-state index contributed by atoms with van der Waals surface area (Å²) in [7, 11) is 1.48. The molecule has 0 fully saturated rings. The van der Waals surface area contributed by atoms with Gasteiger partial charge in [0.05, 0.1) is 12.7 Å². The van der Waals surface area contributed by atoms with Gasteiger partial charge in [-0.15, -0.1) is 0 Å². The minimum absolute atomic E-state index is 0.0439. The second-order valence-corrected chi connectivity index (χ2v) is 6.30. The number of thioether (sulfide) groups is 1. The molecule has 2 aromatic rings. The zero-order valence-electron chi connectivity index (χ0n) is 13.2. The third-order valence-electron chi connectivity index (χ3n) is 3.27. The van der Waals surface area contributed by atoms with Crippen LogP contribution >= 0.6 is 11.8 Å². The normalized spacial score (nSPS) is 13.6. The standard InChI is InChI=1S/C16H19NO5S/c1-16(20,9-23-3)8-17-14(18)11-7-10-5-4-6-12(21-2)13(10)22-15(11)19/h4-7,20H,8-9H2,1-3H3,(H,17,18). The number of amides is 1. The molecule has 7 heteroatoms. The van der Waals surface area contributed by atoms with Crippen LogP contribution in [-0.4, -0.2) is 42.3 Å². The molecule has 1 unspecified atom stereocenters. The molecule has 0 aliphatic rings. The van der Waals surface area contributed by atoms with Crippen LogP contribution in [-0.2, 0) is 0 Å². The number of ether oxygens (including phenoxy) is 1. The van der Waals surface area contributed by atoms with Gasteiger partial charge in [0, 0.05) is 17.7 Å². The summed E-state index contributed by atoms with van der Waals surface area (Å²) in [6.45, 7) is 1.67. The number of carbonyl (C=O) groups excluding carboxylic acids is 1. The maximum absolute atomic E-state index is 12.2. The van der Waals surface area contributed by atoms with Crippen LogP contribution in [0.5, 0.6) is 5.75 Å². The highest BCUT2D eigenvalue weighted by molar-refractivity contribution is 7.98. The molecule has 1 aromatic carbocycles. The van der Waals surface area contributed by atoms with E-state index >= 15 is 0 Å². The lowest BCUT2D eigenvalue weighted by Crippen LogP contribution is -2.43. The number of hydrogen-bond acceptors (Lipinski definition) is 6. The first-order chi connectivity index (χ1) is 10.9. The van der Waals surface area contributed by atoms with Crippen molar-refractivity contribution in [1.82, 2.24) is 5.32 Å². The SMILES string of the molecule is COc1cccc2cc(C(=O)NCC(C)(O)CSC)c(=O)oc12. The highest BCUT2D eigenvalue weighted by Crippen LogP contribution is 2.24. The Bertz CT molecular complexity index is 769. The minimum Gasteiger partial charge on any atom is -0.493 e. The number of carbonyl (C=O) groups is 1. The number of nitrogens with one attached hydrogen (secondary N) is 1. The van der Waals surface area contributed by atoms with Crippen molar-refractivity contribution in [1.29, 1.82) is 0 Å². The van der Waals surface area contributed by atoms with Gasteiger partial charge < -0.3 is 19.6 Å². The van der Waals surface area contributed by atoms with E-state index in [2.05, 4.69) is 5.32 Å². The number of aliphatic hydroxyl groups is 1. The quantitative estimate of drug-likeness (QED) is 0.779. The van der Waals surface area contributed by atoms with Gasteiger partial charge in [-0.3, -0.25) is 4.79 Å². The summed E-state index contributed by atoms with van der Waals surface area (Å²) in [6.07, 6.45) is 1.86. The van der Waals surface area contributed by atoms with Crippen molar-refractivity contribution in [3.05, 3.63) is 40.2 Å². The number of hydrogen-bond donors (Lipinski definition) is 2. The fourth-order valence-corrected chi connectivity index (χ4v) is 2.89. The van der Waals surface area contributed by atoms with E-state index in [1.165, 1.54) is 24.9 Å². The zero-order chi connectivity index (χ0) is 17.0. The molecule has 1 heterocycles. The molecule has 0 radical (unpaired) electrons. The van der Waals surface area contributed by atoms with Crippen LogP contribution in [0.15, 0.2) is 33.5 Å². The highest BCUT2D eigenvalue weighted by Gasteiger charge is 2.22. The first kappa shape index (κ1) is 17.4. The molecular formula is C16H19NO5S. The molecule has 6 nitrogen and oxygen atoms in total. The predicted molar refractivity (Wildman–Crippen MR) is 90.4 cm³/mol. The number of methoxy groups -OCH3 is 1. The van der Waals surface area contributed by atoms with Crippen LogP contribution in [0.4, 0.5) is 0 Å². The molecule has 0 aliphatic heterocycles. The van der Waals surface area contributed by atoms with E-state index in [4.69, 9.17) is 9.15 Å². The van der Waals surface area contributed by atoms with Crippen molar-refractivity contribution < 1.29 is 19.1 Å². The van der Waals surface area contributed by atoms with Crippen LogP contribution in [0.2, 0.25) is 0 Å². The van der Waals surface area contributed by atoms with Gasteiger partial charge in [0.1, 0.15) is 5.56 Å². The van der Waals surface area contributed by atoms with Crippen LogP contribution in [0.3, 0.4) is 0 Å².